The molecule has 1 aliphatic carbocycles. The normalized spacial score (nSPS) is 21.6. The lowest BCUT2D eigenvalue weighted by atomic mass is 9.97. The first-order chi connectivity index (χ1) is 14.4. The van der Waals surface area contributed by atoms with Gasteiger partial charge >= 0.3 is 0 Å². The summed E-state index contributed by atoms with van der Waals surface area (Å²) in [5.74, 6) is 1.52. The van der Waals surface area contributed by atoms with Gasteiger partial charge in [0, 0.05) is 12.8 Å². The Labute approximate surface area is 175 Å². The topological polar surface area (TPSA) is 8.81 Å². The Balaban J connectivity index is 1.89. The van der Waals surface area contributed by atoms with Crippen LogP contribution in [0.4, 0.5) is 0 Å². The molecule has 3 aromatic rings. The number of imidazole rings is 1. The Bertz CT molecular complexity index is 1140. The molecule has 1 fully saturated rings. The molecule has 1 unspecified atom stereocenters. The summed E-state index contributed by atoms with van der Waals surface area (Å²) in [6.45, 7) is 8.78. The van der Waals surface area contributed by atoms with Gasteiger partial charge in [-0.25, -0.2) is 4.57 Å². The van der Waals surface area contributed by atoms with Crippen molar-refractivity contribution >= 4 is 6.08 Å². The monoisotopic (exact) mass is 384 g/mol. The number of nitrogens with zero attached hydrogens (tertiary/aromatic N) is 2. The molecule has 2 aliphatic rings. The van der Waals surface area contributed by atoms with Gasteiger partial charge in [-0.05, 0) is 68.5 Å². The predicted octanol–water partition coefficient (Wildman–Crippen LogP) is 6.42. The number of hydrogen-bond acceptors (Lipinski definition) is 0. The molecule has 0 spiro atoms. The molecule has 2 heteroatoms. The fraction of sp³-hybridized carbons (Fsp3) is 0.370. The summed E-state index contributed by atoms with van der Waals surface area (Å²) >= 11 is 0. The van der Waals surface area contributed by atoms with Crippen molar-refractivity contribution in [3.8, 4) is 17.1 Å². The second kappa shape index (κ2) is 7.02. The lowest BCUT2D eigenvalue weighted by molar-refractivity contribution is -0.705. The predicted molar refractivity (Wildman–Crippen MR) is 120 cm³/mol. The third-order valence-electron chi connectivity index (χ3n) is 6.88. The zero-order valence-corrected chi connectivity index (χ0v) is 18.0. The van der Waals surface area contributed by atoms with E-state index in [9.17, 15) is 1.37 Å². The molecule has 1 atom stereocenters. The van der Waals surface area contributed by atoms with Gasteiger partial charge in [0.2, 0.25) is 0 Å². The van der Waals surface area contributed by atoms with E-state index in [2.05, 4.69) is 91.4 Å². The van der Waals surface area contributed by atoms with Crippen molar-refractivity contribution in [2.45, 2.75) is 59.4 Å². The summed E-state index contributed by atoms with van der Waals surface area (Å²) in [7, 11) is 0. The lowest BCUT2D eigenvalue weighted by Crippen LogP contribution is -2.43. The highest BCUT2D eigenvalue weighted by molar-refractivity contribution is 5.68. The smallest absolute Gasteiger partial charge is 0.216 e. The molecule has 0 saturated heterocycles. The van der Waals surface area contributed by atoms with Gasteiger partial charge in [-0.2, -0.15) is 4.57 Å². The van der Waals surface area contributed by atoms with E-state index in [1.165, 1.54) is 52.2 Å². The third-order valence-corrected chi connectivity index (χ3v) is 6.88. The summed E-state index contributed by atoms with van der Waals surface area (Å²) in [6.07, 6.45) is 9.12. The Morgan fingerprint density at radius 3 is 2.24 bits per heavy atom. The van der Waals surface area contributed by atoms with Crippen molar-refractivity contribution < 1.29 is 5.94 Å². The van der Waals surface area contributed by atoms with E-state index < -0.39 is 6.02 Å². The van der Waals surface area contributed by atoms with Crippen molar-refractivity contribution in [1.29, 1.82) is 0 Å². The van der Waals surface area contributed by atoms with E-state index in [-0.39, 0.29) is 0 Å². The van der Waals surface area contributed by atoms with Crippen LogP contribution in [0.3, 0.4) is 0 Å². The number of aromatic nitrogens is 2. The maximum Gasteiger partial charge on any atom is 0.295 e. The maximum absolute atomic E-state index is 9.68. The largest absolute Gasteiger partial charge is 0.295 e. The number of rotatable bonds is 3. The van der Waals surface area contributed by atoms with Crippen molar-refractivity contribution in [2.24, 2.45) is 5.92 Å². The average Bonchev–Trinajstić information content (AvgIpc) is 3.42. The number of allylic oxidation sites excluding steroid dienone is 1. The van der Waals surface area contributed by atoms with Crippen molar-refractivity contribution in [3.05, 3.63) is 76.6 Å². The molecule has 1 aliphatic heterocycles. The van der Waals surface area contributed by atoms with Crippen LogP contribution >= 0.6 is 0 Å². The highest BCUT2D eigenvalue weighted by Crippen LogP contribution is 2.40. The molecule has 2 aromatic carbocycles. The van der Waals surface area contributed by atoms with Crippen LogP contribution in [0, 0.1) is 33.6 Å². The molecule has 0 bridgehead atoms. The van der Waals surface area contributed by atoms with E-state index in [4.69, 9.17) is 0 Å². The molecule has 0 radical (unpaired) electrons. The summed E-state index contributed by atoms with van der Waals surface area (Å²) in [5.41, 5.74) is 8.63. The third kappa shape index (κ3) is 2.80. The summed E-state index contributed by atoms with van der Waals surface area (Å²) < 4.78 is 14.4. The van der Waals surface area contributed by atoms with Gasteiger partial charge in [0.05, 0.1) is 6.93 Å². The summed E-state index contributed by atoms with van der Waals surface area (Å²) in [6, 6.07) is 14.4. The van der Waals surface area contributed by atoms with Crippen LogP contribution < -0.4 is 4.57 Å². The van der Waals surface area contributed by atoms with E-state index >= 15 is 0 Å². The minimum atomic E-state index is -0.714. The second-order valence-electron chi connectivity index (χ2n) is 8.76. The van der Waals surface area contributed by atoms with Crippen LogP contribution in [0.15, 0.2) is 48.5 Å². The zero-order valence-electron chi connectivity index (χ0n) is 19.0. The molecule has 29 heavy (non-hydrogen) atoms. The molecule has 5 rings (SSSR count). The quantitative estimate of drug-likeness (QED) is 0.461. The average molecular weight is 385 g/mol. The van der Waals surface area contributed by atoms with Crippen LogP contribution in [0.25, 0.3) is 23.2 Å². The van der Waals surface area contributed by atoms with Gasteiger partial charge < -0.3 is 0 Å². The van der Waals surface area contributed by atoms with Crippen molar-refractivity contribution in [1.82, 2.24) is 4.57 Å². The van der Waals surface area contributed by atoms with Gasteiger partial charge in [0.1, 0.15) is 11.7 Å². The van der Waals surface area contributed by atoms with Crippen LogP contribution in [-0.4, -0.2) is 4.57 Å². The maximum atomic E-state index is 9.68. The van der Waals surface area contributed by atoms with Crippen LogP contribution in [0.2, 0.25) is 0 Å². The van der Waals surface area contributed by atoms with E-state index in [0.29, 0.717) is 5.92 Å². The van der Waals surface area contributed by atoms with E-state index in [0.717, 1.165) is 18.7 Å². The van der Waals surface area contributed by atoms with E-state index in [1.807, 2.05) is 0 Å². The number of fused-ring (bicyclic) bond motifs is 1. The van der Waals surface area contributed by atoms with Gasteiger partial charge in [-0.3, -0.25) is 0 Å². The van der Waals surface area contributed by atoms with Gasteiger partial charge in [0.25, 0.3) is 5.82 Å². The zero-order chi connectivity index (χ0) is 21.0. The van der Waals surface area contributed by atoms with Crippen LogP contribution in [0.5, 0.6) is 0 Å². The van der Waals surface area contributed by atoms with E-state index in [1.54, 1.807) is 0 Å². The first-order valence-corrected chi connectivity index (χ1v) is 10.9. The molecule has 2 heterocycles. The molecule has 1 aromatic heterocycles. The Hall–Kier alpha value is -2.61. The molecule has 0 N–H and O–H groups in total. The van der Waals surface area contributed by atoms with Gasteiger partial charge in [-0.15, -0.1) is 0 Å². The van der Waals surface area contributed by atoms with Gasteiger partial charge in [-0.1, -0.05) is 49.2 Å². The number of benzene rings is 2. The van der Waals surface area contributed by atoms with Crippen molar-refractivity contribution in [2.75, 3.05) is 0 Å². The first-order valence-electron chi connectivity index (χ1n) is 11.4. The van der Waals surface area contributed by atoms with Crippen LogP contribution in [0.1, 0.15) is 61.2 Å². The second-order valence-corrected chi connectivity index (χ2v) is 8.76. The first kappa shape index (κ1) is 17.3. The number of aryl methyl sites for hydroxylation is 3. The highest BCUT2D eigenvalue weighted by Gasteiger charge is 2.41. The highest BCUT2D eigenvalue weighted by atomic mass is 15.2. The fourth-order valence-corrected chi connectivity index (χ4v) is 5.38. The Kier molecular flexibility index (Phi) is 4.18. The summed E-state index contributed by atoms with van der Waals surface area (Å²) in [5, 5.41) is 0. The lowest BCUT2D eigenvalue weighted by Gasteiger charge is -2.18. The number of hydrogen-bond donors (Lipinski definition) is 0. The molecule has 148 valence electrons. The summed E-state index contributed by atoms with van der Waals surface area (Å²) in [4.78, 5) is 0. The molecular formula is C27H31N2+. The Morgan fingerprint density at radius 1 is 0.897 bits per heavy atom. The standard InChI is InChI=1S/C27H31N2/c1-18-10-5-8-15-23(18)28-21(4)24-16-17-25(22-13-6-7-14-22)29(24)27(28)26-19(2)11-9-12-20(26)3/h5,8-12,15-17,22,25H,6-7,13-14H2,1-4H3/q+1/i25D. The number of para-hydroxylation sites is 1. The molecule has 2 nitrogen and oxygen atoms in total. The molecule has 0 amide bonds. The minimum Gasteiger partial charge on any atom is -0.216 e. The van der Waals surface area contributed by atoms with Crippen molar-refractivity contribution in [3.63, 3.8) is 0 Å². The Morgan fingerprint density at radius 2 is 1.55 bits per heavy atom. The van der Waals surface area contributed by atoms with Gasteiger partial charge in [0.15, 0.2) is 11.4 Å². The molecule has 1 saturated carbocycles. The van der Waals surface area contributed by atoms with Crippen LogP contribution in [-0.2, 0) is 0 Å². The molecular weight excluding hydrogens is 352 g/mol. The SMILES string of the molecule is [2H]C1(C2CCCC2)C=Cc2c(C)n(-c3ccccc3C)c(-c3c(C)cccc3C)[n+]21. The fourth-order valence-electron chi connectivity index (χ4n) is 5.38. The minimum absolute atomic E-state index is 0.371.